The molecule has 1 aromatic carbocycles. The molecule has 0 amide bonds. The van der Waals surface area contributed by atoms with E-state index in [1.165, 1.54) is 0 Å². The van der Waals surface area contributed by atoms with Crippen molar-refractivity contribution in [3.05, 3.63) is 29.6 Å². The number of hydrogen-bond donors (Lipinski definition) is 1. The quantitative estimate of drug-likeness (QED) is 0.759. The van der Waals surface area contributed by atoms with E-state index in [-0.39, 0.29) is 5.56 Å². The summed E-state index contributed by atoms with van der Waals surface area (Å²) in [4.78, 5) is 15.8. The molecule has 0 saturated heterocycles. The first-order chi connectivity index (χ1) is 10.2. The topological polar surface area (TPSA) is 64.4 Å². The summed E-state index contributed by atoms with van der Waals surface area (Å²) in [7, 11) is 0. The minimum absolute atomic E-state index is 0.257. The Morgan fingerprint density at radius 3 is 2.81 bits per heavy atom. The second-order valence-corrected chi connectivity index (χ2v) is 4.98. The van der Waals surface area contributed by atoms with Crippen LogP contribution in [0.25, 0.3) is 11.0 Å². The first-order valence-corrected chi connectivity index (χ1v) is 7.48. The highest BCUT2D eigenvalue weighted by Gasteiger charge is 2.15. The number of imidazole rings is 1. The lowest BCUT2D eigenvalue weighted by Crippen LogP contribution is -2.09. The summed E-state index contributed by atoms with van der Waals surface area (Å²) in [6, 6.07) is 5.28. The van der Waals surface area contributed by atoms with Crippen molar-refractivity contribution in [2.75, 3.05) is 13.2 Å². The maximum atomic E-state index is 11.3. The van der Waals surface area contributed by atoms with Crippen molar-refractivity contribution in [1.82, 2.24) is 9.55 Å². The molecule has 114 valence electrons. The number of carbonyl (C=O) groups is 1. The molecule has 0 spiro atoms. The van der Waals surface area contributed by atoms with Crippen LogP contribution in [0.4, 0.5) is 0 Å². The van der Waals surface area contributed by atoms with E-state index < -0.39 is 5.97 Å². The van der Waals surface area contributed by atoms with Crippen molar-refractivity contribution in [2.45, 2.75) is 39.7 Å². The maximum Gasteiger partial charge on any atom is 0.337 e. The van der Waals surface area contributed by atoms with E-state index >= 15 is 0 Å². The second kappa shape index (κ2) is 7.22. The zero-order valence-electron chi connectivity index (χ0n) is 12.6. The molecule has 5 heteroatoms. The third-order valence-electron chi connectivity index (χ3n) is 3.51. The van der Waals surface area contributed by atoms with Gasteiger partial charge in [0.2, 0.25) is 0 Å². The number of rotatable bonds is 8. The fourth-order valence-corrected chi connectivity index (χ4v) is 2.39. The Bertz CT molecular complexity index is 619. The minimum atomic E-state index is -0.938. The van der Waals surface area contributed by atoms with Crippen LogP contribution in [-0.4, -0.2) is 33.8 Å². The highest BCUT2D eigenvalue weighted by Crippen LogP contribution is 2.20. The van der Waals surface area contributed by atoms with Crippen LogP contribution in [0.2, 0.25) is 0 Å². The van der Waals surface area contributed by atoms with Crippen LogP contribution in [0.5, 0.6) is 0 Å². The third kappa shape index (κ3) is 3.42. The van der Waals surface area contributed by atoms with Gasteiger partial charge in [-0.25, -0.2) is 9.78 Å². The normalized spacial score (nSPS) is 11.1. The highest BCUT2D eigenvalue weighted by molar-refractivity contribution is 6.01. The summed E-state index contributed by atoms with van der Waals surface area (Å²) >= 11 is 0. The number of hydrogen-bond acceptors (Lipinski definition) is 3. The number of benzene rings is 1. The third-order valence-corrected chi connectivity index (χ3v) is 3.51. The Balaban J connectivity index is 2.25. The van der Waals surface area contributed by atoms with Crippen LogP contribution >= 0.6 is 0 Å². The lowest BCUT2D eigenvalue weighted by Gasteiger charge is -2.09. The second-order valence-electron chi connectivity index (χ2n) is 4.98. The average molecular weight is 290 g/mol. The molecule has 0 atom stereocenters. The smallest absolute Gasteiger partial charge is 0.337 e. The van der Waals surface area contributed by atoms with Gasteiger partial charge in [0.15, 0.2) is 0 Å². The van der Waals surface area contributed by atoms with Gasteiger partial charge in [-0.3, -0.25) is 0 Å². The molecule has 2 rings (SSSR count). The molecule has 21 heavy (non-hydrogen) atoms. The van der Waals surface area contributed by atoms with Crippen LogP contribution in [0.15, 0.2) is 18.2 Å². The molecule has 0 unspecified atom stereocenters. The molecule has 0 radical (unpaired) electrons. The van der Waals surface area contributed by atoms with Crippen LogP contribution in [0, 0.1) is 0 Å². The highest BCUT2D eigenvalue weighted by atomic mass is 16.5. The Morgan fingerprint density at radius 1 is 1.33 bits per heavy atom. The van der Waals surface area contributed by atoms with E-state index in [0.29, 0.717) is 18.7 Å². The van der Waals surface area contributed by atoms with Crippen molar-refractivity contribution >= 4 is 17.0 Å². The molecular formula is C16H22N2O3. The average Bonchev–Trinajstić information content (AvgIpc) is 2.84. The van der Waals surface area contributed by atoms with Crippen molar-refractivity contribution in [3.63, 3.8) is 0 Å². The Kier molecular flexibility index (Phi) is 5.33. The first-order valence-electron chi connectivity index (χ1n) is 7.48. The van der Waals surface area contributed by atoms with Gasteiger partial charge >= 0.3 is 5.97 Å². The van der Waals surface area contributed by atoms with Crippen molar-refractivity contribution in [2.24, 2.45) is 0 Å². The summed E-state index contributed by atoms with van der Waals surface area (Å²) < 4.78 is 7.67. The van der Waals surface area contributed by atoms with Crippen molar-refractivity contribution < 1.29 is 14.6 Å². The molecular weight excluding hydrogens is 268 g/mol. The molecule has 0 aliphatic carbocycles. The summed E-state index contributed by atoms with van der Waals surface area (Å²) in [5, 5.41) is 9.25. The molecule has 5 nitrogen and oxygen atoms in total. The van der Waals surface area contributed by atoms with Gasteiger partial charge in [-0.1, -0.05) is 26.3 Å². The lowest BCUT2D eigenvalue weighted by molar-refractivity contribution is 0.0699. The predicted molar refractivity (Wildman–Crippen MR) is 81.8 cm³/mol. The zero-order chi connectivity index (χ0) is 15.2. The fourth-order valence-electron chi connectivity index (χ4n) is 2.39. The van der Waals surface area contributed by atoms with Gasteiger partial charge in [0.25, 0.3) is 0 Å². The number of nitrogens with zero attached hydrogens (tertiary/aromatic N) is 2. The summed E-state index contributed by atoms with van der Waals surface area (Å²) in [6.07, 6.45) is 2.95. The van der Waals surface area contributed by atoms with E-state index in [1.807, 2.05) is 13.0 Å². The van der Waals surface area contributed by atoms with Crippen molar-refractivity contribution in [1.29, 1.82) is 0 Å². The van der Waals surface area contributed by atoms with Crippen LogP contribution in [0.1, 0.15) is 42.9 Å². The van der Waals surface area contributed by atoms with Gasteiger partial charge in [-0.2, -0.15) is 0 Å². The van der Waals surface area contributed by atoms with Gasteiger partial charge in [-0.05, 0) is 18.6 Å². The molecule has 1 N–H and O–H groups in total. The predicted octanol–water partition coefficient (Wildman–Crippen LogP) is 3.11. The molecule has 1 aromatic heterocycles. The molecule has 0 aliphatic rings. The van der Waals surface area contributed by atoms with E-state index in [0.717, 1.165) is 37.2 Å². The molecule has 0 saturated carbocycles. The zero-order valence-corrected chi connectivity index (χ0v) is 12.6. The van der Waals surface area contributed by atoms with Gasteiger partial charge < -0.3 is 14.4 Å². The number of ether oxygens (including phenoxy) is 1. The summed E-state index contributed by atoms with van der Waals surface area (Å²) in [5.41, 5.74) is 1.69. The van der Waals surface area contributed by atoms with E-state index in [9.17, 15) is 9.90 Å². The number of fused-ring (bicyclic) bond motifs is 1. The summed E-state index contributed by atoms with van der Waals surface area (Å²) in [6.45, 7) is 6.25. The van der Waals surface area contributed by atoms with Crippen molar-refractivity contribution in [3.8, 4) is 0 Å². The number of para-hydroxylation sites is 1. The van der Waals surface area contributed by atoms with E-state index in [1.54, 1.807) is 12.1 Å². The molecule has 2 aromatic rings. The number of aromatic nitrogens is 2. The number of aryl methyl sites for hydroxylation is 1. The fraction of sp³-hybridized carbons (Fsp3) is 0.500. The first kappa shape index (κ1) is 15.5. The Hall–Kier alpha value is -1.88. The molecule has 0 aliphatic heterocycles. The summed E-state index contributed by atoms with van der Waals surface area (Å²) in [5.74, 6) is -0.0371. The lowest BCUT2D eigenvalue weighted by atomic mass is 10.2. The van der Waals surface area contributed by atoms with Crippen LogP contribution in [0.3, 0.4) is 0 Å². The van der Waals surface area contributed by atoms with E-state index in [4.69, 9.17) is 4.74 Å². The molecule has 0 fully saturated rings. The SMILES string of the molecule is CCCCOCCn1c(CC)nc2c(C(=O)O)cccc21. The number of aromatic carboxylic acids is 1. The van der Waals surface area contributed by atoms with Crippen LogP contribution in [-0.2, 0) is 17.7 Å². The van der Waals surface area contributed by atoms with E-state index in [2.05, 4.69) is 16.5 Å². The van der Waals surface area contributed by atoms with Gasteiger partial charge in [0.05, 0.1) is 17.7 Å². The van der Waals surface area contributed by atoms with Crippen LogP contribution < -0.4 is 0 Å². The Morgan fingerprint density at radius 2 is 2.14 bits per heavy atom. The minimum Gasteiger partial charge on any atom is -0.478 e. The monoisotopic (exact) mass is 290 g/mol. The molecule has 1 heterocycles. The van der Waals surface area contributed by atoms with Gasteiger partial charge in [0, 0.05) is 19.6 Å². The molecule has 0 bridgehead atoms. The number of carboxylic acid groups (broad SMARTS) is 1. The van der Waals surface area contributed by atoms with Gasteiger partial charge in [0.1, 0.15) is 11.3 Å². The number of carboxylic acids is 1. The maximum absolute atomic E-state index is 11.3. The Labute approximate surface area is 124 Å². The number of unbranched alkanes of at least 4 members (excludes halogenated alkanes) is 1. The van der Waals surface area contributed by atoms with Gasteiger partial charge in [-0.15, -0.1) is 0 Å². The largest absolute Gasteiger partial charge is 0.478 e. The standard InChI is InChI=1S/C16H22N2O3/c1-3-5-10-21-11-9-18-13-8-6-7-12(16(19)20)15(13)17-14(18)4-2/h6-8H,3-5,9-11H2,1-2H3,(H,19,20).